The quantitative estimate of drug-likeness (QED) is 0.537. The number of anilines is 1. The van der Waals surface area contributed by atoms with Crippen molar-refractivity contribution in [3.8, 4) is 0 Å². The first-order chi connectivity index (χ1) is 12.2. The lowest BCUT2D eigenvalue weighted by Crippen LogP contribution is -2.20. The molecule has 1 aliphatic rings. The van der Waals surface area contributed by atoms with Crippen molar-refractivity contribution in [3.63, 3.8) is 0 Å². The molecule has 0 radical (unpaired) electrons. The van der Waals surface area contributed by atoms with Gasteiger partial charge in [-0.2, -0.15) is 0 Å². The fourth-order valence-electron chi connectivity index (χ4n) is 3.32. The smallest absolute Gasteiger partial charge is 0.413 e. The number of nitrogens with one attached hydrogen (secondary N) is 1. The van der Waals surface area contributed by atoms with Crippen LogP contribution in [0, 0.1) is 5.92 Å². The van der Waals surface area contributed by atoms with Gasteiger partial charge in [0, 0.05) is 6.61 Å². The van der Waals surface area contributed by atoms with Crippen LogP contribution in [0.15, 0.2) is 0 Å². The third-order valence-electron chi connectivity index (χ3n) is 4.52. The molecule has 0 saturated heterocycles. The van der Waals surface area contributed by atoms with Crippen LogP contribution in [0.2, 0.25) is 0 Å². The second-order valence-corrected chi connectivity index (χ2v) is 7.72. The van der Waals surface area contributed by atoms with E-state index in [1.807, 2.05) is 0 Å². The zero-order valence-electron chi connectivity index (χ0n) is 15.8. The molecule has 2 atom stereocenters. The number of carbonyl (C=O) groups is 1. The van der Waals surface area contributed by atoms with Gasteiger partial charge in [-0.3, -0.25) is 5.32 Å². The van der Waals surface area contributed by atoms with Crippen molar-refractivity contribution in [2.45, 2.75) is 78.2 Å². The number of rotatable bonds is 10. The Balaban J connectivity index is 2.02. The summed E-state index contributed by atoms with van der Waals surface area (Å²) in [6.07, 6.45) is 9.19. The van der Waals surface area contributed by atoms with Crippen molar-refractivity contribution in [3.05, 3.63) is 10.6 Å². The molecule has 1 N–H and O–H groups in total. The van der Waals surface area contributed by atoms with Crippen molar-refractivity contribution in [1.29, 1.82) is 0 Å². The molecule has 1 aromatic rings. The van der Waals surface area contributed by atoms with E-state index in [-0.39, 0.29) is 6.10 Å². The summed E-state index contributed by atoms with van der Waals surface area (Å²) < 4.78 is 11.1. The van der Waals surface area contributed by atoms with E-state index in [2.05, 4.69) is 24.1 Å². The van der Waals surface area contributed by atoms with Gasteiger partial charge in [0.1, 0.15) is 0 Å². The molecule has 6 heteroatoms. The number of thiazole rings is 1. The van der Waals surface area contributed by atoms with Gasteiger partial charge < -0.3 is 9.47 Å². The second kappa shape index (κ2) is 10.8. The largest absolute Gasteiger partial charge is 0.450 e. The van der Waals surface area contributed by atoms with E-state index in [9.17, 15) is 4.79 Å². The number of ether oxygens (including phenoxy) is 2. The van der Waals surface area contributed by atoms with Crippen LogP contribution in [0.5, 0.6) is 0 Å². The molecular formula is C19H32N2O3S. The first-order valence-corrected chi connectivity index (χ1v) is 10.5. The molecule has 0 saturated carbocycles. The van der Waals surface area contributed by atoms with Crippen molar-refractivity contribution in [2.24, 2.45) is 5.92 Å². The Kier molecular flexibility index (Phi) is 8.68. The highest BCUT2D eigenvalue weighted by Crippen LogP contribution is 2.42. The minimum Gasteiger partial charge on any atom is -0.450 e. The summed E-state index contributed by atoms with van der Waals surface area (Å²) in [7, 11) is 0. The van der Waals surface area contributed by atoms with Crippen LogP contribution < -0.4 is 5.32 Å². The Hall–Kier alpha value is -1.14. The van der Waals surface area contributed by atoms with Gasteiger partial charge in [0.05, 0.1) is 23.3 Å². The standard InChI is InChI=1S/C19H32N2O3S/c1-4-7-8-9-10-14-12-15-17(16(13-14)24-11-5-2)25-18(20-15)21-19(22)23-6-3/h14,16H,4-13H2,1-3H3,(H,20,21,22). The van der Waals surface area contributed by atoms with Crippen LogP contribution in [0.1, 0.15) is 82.4 Å². The molecule has 1 aromatic heterocycles. The summed E-state index contributed by atoms with van der Waals surface area (Å²) in [5, 5.41) is 3.37. The monoisotopic (exact) mass is 368 g/mol. The molecule has 1 amide bonds. The van der Waals surface area contributed by atoms with Gasteiger partial charge in [-0.1, -0.05) is 50.9 Å². The minimum absolute atomic E-state index is 0.120. The molecule has 1 aliphatic carbocycles. The second-order valence-electron chi connectivity index (χ2n) is 6.69. The predicted octanol–water partition coefficient (Wildman–Crippen LogP) is 5.71. The molecule has 0 aliphatic heterocycles. The summed E-state index contributed by atoms with van der Waals surface area (Å²) in [6, 6.07) is 0. The summed E-state index contributed by atoms with van der Waals surface area (Å²) >= 11 is 1.53. The topological polar surface area (TPSA) is 60.5 Å². The molecule has 0 fully saturated rings. The summed E-state index contributed by atoms with van der Waals surface area (Å²) in [6.45, 7) is 7.30. The fraction of sp³-hybridized carbons (Fsp3) is 0.789. The number of nitrogens with zero attached hydrogens (tertiary/aromatic N) is 1. The Morgan fingerprint density at radius 2 is 2.08 bits per heavy atom. The maximum atomic E-state index is 11.6. The maximum absolute atomic E-state index is 11.6. The number of hydrogen-bond acceptors (Lipinski definition) is 5. The van der Waals surface area contributed by atoms with E-state index in [1.165, 1.54) is 48.3 Å². The van der Waals surface area contributed by atoms with Gasteiger partial charge in [-0.05, 0) is 38.5 Å². The van der Waals surface area contributed by atoms with Gasteiger partial charge in [0.15, 0.2) is 5.13 Å². The molecule has 0 aromatic carbocycles. The van der Waals surface area contributed by atoms with Crippen molar-refractivity contribution >= 4 is 22.6 Å². The predicted molar refractivity (Wildman–Crippen MR) is 102 cm³/mol. The zero-order valence-corrected chi connectivity index (χ0v) is 16.6. The van der Waals surface area contributed by atoms with Gasteiger partial charge in [-0.25, -0.2) is 9.78 Å². The lowest BCUT2D eigenvalue weighted by atomic mass is 9.85. The van der Waals surface area contributed by atoms with E-state index in [0.29, 0.717) is 17.7 Å². The zero-order chi connectivity index (χ0) is 18.1. The van der Waals surface area contributed by atoms with Crippen LogP contribution in [0.3, 0.4) is 0 Å². The molecule has 2 rings (SSSR count). The van der Waals surface area contributed by atoms with Gasteiger partial charge in [-0.15, -0.1) is 0 Å². The highest BCUT2D eigenvalue weighted by atomic mass is 32.1. The van der Waals surface area contributed by atoms with E-state index >= 15 is 0 Å². The van der Waals surface area contributed by atoms with Gasteiger partial charge in [0.25, 0.3) is 0 Å². The van der Waals surface area contributed by atoms with Crippen molar-refractivity contribution in [1.82, 2.24) is 4.98 Å². The van der Waals surface area contributed by atoms with Crippen molar-refractivity contribution in [2.75, 3.05) is 18.5 Å². The molecule has 25 heavy (non-hydrogen) atoms. The van der Waals surface area contributed by atoms with E-state index < -0.39 is 6.09 Å². The third-order valence-corrected chi connectivity index (χ3v) is 5.63. The SMILES string of the molecule is CCCCCCC1Cc2nc(NC(=O)OCC)sc2C(OCCC)C1. The first-order valence-electron chi connectivity index (χ1n) is 9.72. The molecule has 2 unspecified atom stereocenters. The number of carbonyl (C=O) groups excluding carboxylic acids is 1. The Labute approximate surface area is 155 Å². The van der Waals surface area contributed by atoms with E-state index in [4.69, 9.17) is 9.47 Å². The minimum atomic E-state index is -0.435. The van der Waals surface area contributed by atoms with Gasteiger partial charge >= 0.3 is 6.09 Å². The number of hydrogen-bond donors (Lipinski definition) is 1. The molecule has 0 spiro atoms. The average Bonchev–Trinajstić information content (AvgIpc) is 2.99. The molecule has 1 heterocycles. The molecule has 5 nitrogen and oxygen atoms in total. The van der Waals surface area contributed by atoms with Crippen LogP contribution in [0.4, 0.5) is 9.93 Å². The highest BCUT2D eigenvalue weighted by molar-refractivity contribution is 7.16. The number of unbranched alkanes of at least 4 members (excludes halogenated alkanes) is 3. The Bertz CT molecular complexity index is 533. The number of aromatic nitrogens is 1. The van der Waals surface area contributed by atoms with Crippen LogP contribution in [-0.4, -0.2) is 24.3 Å². The highest BCUT2D eigenvalue weighted by Gasteiger charge is 2.31. The van der Waals surface area contributed by atoms with Crippen LogP contribution >= 0.6 is 11.3 Å². The summed E-state index contributed by atoms with van der Waals surface area (Å²) in [4.78, 5) is 17.5. The number of amides is 1. The molecular weight excluding hydrogens is 336 g/mol. The van der Waals surface area contributed by atoms with E-state index in [0.717, 1.165) is 31.6 Å². The van der Waals surface area contributed by atoms with Gasteiger partial charge in [0.2, 0.25) is 0 Å². The lowest BCUT2D eigenvalue weighted by molar-refractivity contribution is 0.0296. The normalized spacial score (nSPS) is 19.5. The average molecular weight is 369 g/mol. The molecule has 0 bridgehead atoms. The van der Waals surface area contributed by atoms with Crippen LogP contribution in [-0.2, 0) is 15.9 Å². The first kappa shape index (κ1) is 20.2. The number of fused-ring (bicyclic) bond motifs is 1. The van der Waals surface area contributed by atoms with E-state index in [1.54, 1.807) is 6.92 Å². The lowest BCUT2D eigenvalue weighted by Gasteiger charge is -2.28. The summed E-state index contributed by atoms with van der Waals surface area (Å²) in [5.41, 5.74) is 1.10. The van der Waals surface area contributed by atoms with Crippen molar-refractivity contribution < 1.29 is 14.3 Å². The Morgan fingerprint density at radius 1 is 1.24 bits per heavy atom. The van der Waals surface area contributed by atoms with Crippen LogP contribution in [0.25, 0.3) is 0 Å². The maximum Gasteiger partial charge on any atom is 0.413 e. The fourth-order valence-corrected chi connectivity index (χ4v) is 4.36. The third kappa shape index (κ3) is 6.26. The summed E-state index contributed by atoms with van der Waals surface area (Å²) in [5.74, 6) is 0.628. The molecule has 142 valence electrons. The Morgan fingerprint density at radius 3 is 2.80 bits per heavy atom.